The van der Waals surface area contributed by atoms with Crippen LogP contribution in [0.5, 0.6) is 0 Å². The highest BCUT2D eigenvalue weighted by Crippen LogP contribution is 2.63. The van der Waals surface area contributed by atoms with E-state index in [1.807, 2.05) is 0 Å². The first-order valence-corrected chi connectivity index (χ1v) is 11.9. The van der Waals surface area contributed by atoms with Gasteiger partial charge in [0.05, 0.1) is 0 Å². The van der Waals surface area contributed by atoms with E-state index >= 15 is 0 Å². The average Bonchev–Trinajstić information content (AvgIpc) is 2.88. The van der Waals surface area contributed by atoms with Crippen LogP contribution in [0.25, 0.3) is 0 Å². The van der Waals surface area contributed by atoms with E-state index in [0.29, 0.717) is 17.8 Å². The van der Waals surface area contributed by atoms with Crippen LogP contribution in [0.1, 0.15) is 86.0 Å². The Morgan fingerprint density at radius 1 is 1.10 bits per heavy atom. The van der Waals surface area contributed by atoms with Gasteiger partial charge in [-0.3, -0.25) is 9.59 Å². The van der Waals surface area contributed by atoms with Crippen LogP contribution in [0, 0.1) is 28.6 Å². The van der Waals surface area contributed by atoms with Gasteiger partial charge in [-0.1, -0.05) is 37.1 Å². The van der Waals surface area contributed by atoms with Crippen LogP contribution in [-0.4, -0.2) is 24.1 Å². The first-order chi connectivity index (χ1) is 14.2. The zero-order chi connectivity index (χ0) is 21.7. The Bertz CT molecular complexity index is 780. The number of hydrogen-bond acceptors (Lipinski definition) is 4. The number of esters is 2. The van der Waals surface area contributed by atoms with Crippen LogP contribution in [-0.2, 0) is 19.1 Å². The molecule has 3 fully saturated rings. The summed E-state index contributed by atoms with van der Waals surface area (Å²) in [6.45, 7) is 10.0. The van der Waals surface area contributed by atoms with Crippen LogP contribution in [0.4, 0.5) is 0 Å². The molecule has 4 rings (SSSR count). The molecule has 7 atom stereocenters. The fraction of sp³-hybridized carbons (Fsp3) is 0.769. The van der Waals surface area contributed by atoms with Crippen LogP contribution in [0.2, 0.25) is 0 Å². The van der Waals surface area contributed by atoms with Gasteiger partial charge in [0, 0.05) is 25.7 Å². The Balaban J connectivity index is 1.71. The molecule has 30 heavy (non-hydrogen) atoms. The normalized spacial score (nSPS) is 44.2. The number of hydrogen-bond donors (Lipinski definition) is 0. The first kappa shape index (κ1) is 21.6. The predicted octanol–water partition coefficient (Wildman–Crippen LogP) is 5.76. The lowest BCUT2D eigenvalue weighted by Crippen LogP contribution is -2.43. The Labute approximate surface area is 181 Å². The van der Waals surface area contributed by atoms with Gasteiger partial charge < -0.3 is 9.47 Å². The number of carbonyl (C=O) groups excluding carboxylic acids is 2. The number of fused-ring (bicyclic) bond motifs is 6. The number of carbonyl (C=O) groups is 2. The molecule has 0 aromatic rings. The Morgan fingerprint density at radius 2 is 1.83 bits per heavy atom. The second kappa shape index (κ2) is 7.84. The summed E-state index contributed by atoms with van der Waals surface area (Å²) >= 11 is 0. The van der Waals surface area contributed by atoms with E-state index in [1.54, 1.807) is 6.92 Å². The average molecular weight is 415 g/mol. The summed E-state index contributed by atoms with van der Waals surface area (Å²) in [4.78, 5) is 23.6. The van der Waals surface area contributed by atoms with Crippen molar-refractivity contribution in [2.75, 3.05) is 0 Å². The molecule has 2 bridgehead atoms. The summed E-state index contributed by atoms with van der Waals surface area (Å²) in [5, 5.41) is 0. The van der Waals surface area contributed by atoms with Crippen molar-refractivity contribution in [3.63, 3.8) is 0 Å². The van der Waals surface area contributed by atoms with E-state index in [0.717, 1.165) is 38.5 Å². The van der Waals surface area contributed by atoms with E-state index in [4.69, 9.17) is 9.47 Å². The smallest absolute Gasteiger partial charge is 0.302 e. The summed E-state index contributed by atoms with van der Waals surface area (Å²) in [7, 11) is 0. The third-order valence-electron chi connectivity index (χ3n) is 9.23. The van der Waals surface area contributed by atoms with E-state index in [1.165, 1.54) is 30.9 Å². The summed E-state index contributed by atoms with van der Waals surface area (Å²) in [6, 6.07) is 0. The van der Waals surface area contributed by atoms with E-state index in [2.05, 4.69) is 32.9 Å². The second-order valence-electron chi connectivity index (χ2n) is 10.6. The molecule has 0 aromatic carbocycles. The molecule has 0 N–H and O–H groups in total. The largest absolute Gasteiger partial charge is 0.462 e. The lowest BCUT2D eigenvalue weighted by atomic mass is 9.61. The molecule has 0 saturated heterocycles. The lowest BCUT2D eigenvalue weighted by molar-refractivity contribution is -0.154. The van der Waals surface area contributed by atoms with Crippen molar-refractivity contribution >= 4 is 11.9 Å². The van der Waals surface area contributed by atoms with E-state index in [-0.39, 0.29) is 35.0 Å². The number of rotatable bonds is 2. The molecule has 0 heterocycles. The van der Waals surface area contributed by atoms with Crippen molar-refractivity contribution in [3.8, 4) is 0 Å². The van der Waals surface area contributed by atoms with Gasteiger partial charge in [0.1, 0.15) is 12.2 Å². The molecular weight excluding hydrogens is 376 g/mol. The van der Waals surface area contributed by atoms with Crippen molar-refractivity contribution in [2.45, 2.75) is 98.2 Å². The maximum Gasteiger partial charge on any atom is 0.302 e. The number of ether oxygens (including phenoxy) is 2. The molecule has 0 spiro atoms. The molecule has 0 unspecified atom stereocenters. The SMILES string of the molecule is C/C=C1/CC[C@H]2[C@@H]3CC=C4C[C@@H](OC(C)=O)CC[C@]4(C)[C@H](C3)C[C@@H](OC(C)=O)[C@]12C. The first-order valence-electron chi connectivity index (χ1n) is 11.9. The molecular formula is C26H38O4. The molecule has 4 aliphatic rings. The maximum atomic E-state index is 12.1. The standard InChI is InChI=1S/C26H38O4/c1-6-19-9-10-23-18-7-8-20-14-22(29-16(2)27)11-12-25(20,4)21(13-18)15-24(26(19,23)5)30-17(3)28/h6,8,18,21-24H,7,9-15H2,1-5H3/b19-6-/t18-,21-,22+,23+,24-,25+,26-/m1/s1. The molecule has 0 aliphatic heterocycles. The Kier molecular flexibility index (Phi) is 5.65. The second-order valence-corrected chi connectivity index (χ2v) is 10.6. The topological polar surface area (TPSA) is 52.6 Å². The van der Waals surface area contributed by atoms with Crippen LogP contribution >= 0.6 is 0 Å². The van der Waals surface area contributed by atoms with Crippen LogP contribution in [0.15, 0.2) is 23.3 Å². The van der Waals surface area contributed by atoms with Crippen molar-refractivity contribution in [2.24, 2.45) is 28.6 Å². The quantitative estimate of drug-likeness (QED) is 0.426. The fourth-order valence-electron chi connectivity index (χ4n) is 7.64. The minimum atomic E-state index is -0.177. The van der Waals surface area contributed by atoms with Gasteiger partial charge in [0.2, 0.25) is 0 Å². The molecule has 0 amide bonds. The van der Waals surface area contributed by atoms with Crippen LogP contribution < -0.4 is 0 Å². The minimum absolute atomic E-state index is 0.0117. The zero-order valence-corrected chi connectivity index (χ0v) is 19.3. The third-order valence-corrected chi connectivity index (χ3v) is 9.23. The Morgan fingerprint density at radius 3 is 2.50 bits per heavy atom. The zero-order valence-electron chi connectivity index (χ0n) is 19.3. The van der Waals surface area contributed by atoms with Gasteiger partial charge in [-0.2, -0.15) is 0 Å². The highest BCUT2D eigenvalue weighted by Gasteiger charge is 2.58. The molecule has 3 saturated carbocycles. The van der Waals surface area contributed by atoms with E-state index in [9.17, 15) is 9.59 Å². The van der Waals surface area contributed by atoms with Crippen LogP contribution in [0.3, 0.4) is 0 Å². The monoisotopic (exact) mass is 414 g/mol. The molecule has 0 radical (unpaired) electrons. The predicted molar refractivity (Wildman–Crippen MR) is 117 cm³/mol. The van der Waals surface area contributed by atoms with Gasteiger partial charge in [-0.25, -0.2) is 0 Å². The summed E-state index contributed by atoms with van der Waals surface area (Å²) in [6.07, 6.45) is 13.1. The van der Waals surface area contributed by atoms with Gasteiger partial charge in [-0.05, 0) is 75.0 Å². The van der Waals surface area contributed by atoms with Crippen molar-refractivity contribution < 1.29 is 19.1 Å². The molecule has 4 heteroatoms. The van der Waals surface area contributed by atoms with Crippen molar-refractivity contribution in [1.82, 2.24) is 0 Å². The number of allylic oxidation sites excluding steroid dienone is 2. The molecule has 4 nitrogen and oxygen atoms in total. The fourth-order valence-corrected chi connectivity index (χ4v) is 7.64. The van der Waals surface area contributed by atoms with E-state index < -0.39 is 0 Å². The van der Waals surface area contributed by atoms with Gasteiger partial charge >= 0.3 is 11.9 Å². The molecule has 166 valence electrons. The summed E-state index contributed by atoms with van der Waals surface area (Å²) < 4.78 is 11.7. The van der Waals surface area contributed by atoms with Gasteiger partial charge in [0.15, 0.2) is 0 Å². The molecule has 4 aliphatic carbocycles. The Hall–Kier alpha value is -1.58. The van der Waals surface area contributed by atoms with Crippen molar-refractivity contribution in [1.29, 1.82) is 0 Å². The summed E-state index contributed by atoms with van der Waals surface area (Å²) in [5.74, 6) is 1.35. The highest BCUT2D eigenvalue weighted by molar-refractivity contribution is 5.66. The molecule has 0 aromatic heterocycles. The van der Waals surface area contributed by atoms with Crippen molar-refractivity contribution in [3.05, 3.63) is 23.3 Å². The summed E-state index contributed by atoms with van der Waals surface area (Å²) in [5.41, 5.74) is 3.02. The highest BCUT2D eigenvalue weighted by atomic mass is 16.5. The van der Waals surface area contributed by atoms with Gasteiger partial charge in [-0.15, -0.1) is 0 Å². The minimum Gasteiger partial charge on any atom is -0.462 e. The third kappa shape index (κ3) is 3.44. The maximum absolute atomic E-state index is 12.1. The van der Waals surface area contributed by atoms with Gasteiger partial charge in [0.25, 0.3) is 0 Å². The lowest BCUT2D eigenvalue weighted by Gasteiger charge is -2.46.